The van der Waals surface area contributed by atoms with E-state index in [0.717, 1.165) is 22.3 Å². The van der Waals surface area contributed by atoms with Crippen molar-refractivity contribution in [2.75, 3.05) is 0 Å². The monoisotopic (exact) mass is 446 g/mol. The molecule has 35 heavy (non-hydrogen) atoms. The Hall–Kier alpha value is -4.92. The van der Waals surface area contributed by atoms with Crippen LogP contribution in [0.5, 0.6) is 0 Å². The molecule has 0 amide bonds. The van der Waals surface area contributed by atoms with Crippen LogP contribution in [0.15, 0.2) is 133 Å². The van der Waals surface area contributed by atoms with Crippen LogP contribution in [0.4, 0.5) is 0 Å². The second-order valence-electron chi connectivity index (χ2n) is 8.36. The topological polar surface area (TPSA) is 47.6 Å². The molecule has 0 unspecified atom stereocenters. The second-order valence-corrected chi connectivity index (χ2v) is 8.36. The lowest BCUT2D eigenvalue weighted by Gasteiger charge is -2.13. The fraction of sp³-hybridized carbons (Fsp3) is 0.0303. The Morgan fingerprint density at radius 3 is 1.83 bits per heavy atom. The van der Waals surface area contributed by atoms with Crippen LogP contribution < -0.4 is 0 Å². The Kier molecular flexibility index (Phi) is 6.21. The maximum Gasteiger partial charge on any atom is 0.133 e. The number of rotatable bonds is 4. The number of fused-ring (bicyclic) bond motifs is 2. The molecule has 0 spiro atoms. The number of hydrogen-bond acceptors (Lipinski definition) is 2. The maximum absolute atomic E-state index is 9.62. The summed E-state index contributed by atoms with van der Waals surface area (Å²) in [5.41, 5.74) is 5.10. The summed E-state index contributed by atoms with van der Waals surface area (Å²) in [6.45, 7) is 0. The van der Waals surface area contributed by atoms with Crippen LogP contribution in [0.2, 0.25) is 0 Å². The summed E-state index contributed by atoms with van der Waals surface area (Å²) in [7, 11) is 0. The molecule has 0 radical (unpaired) electrons. The zero-order chi connectivity index (χ0) is 24.0. The van der Waals surface area contributed by atoms with Crippen molar-refractivity contribution in [1.82, 2.24) is 0 Å². The van der Waals surface area contributed by atoms with Gasteiger partial charge in [-0.05, 0) is 61.9 Å². The highest BCUT2D eigenvalue weighted by molar-refractivity contribution is 6.12. The fourth-order valence-electron chi connectivity index (χ4n) is 4.56. The van der Waals surface area contributed by atoms with E-state index in [9.17, 15) is 10.5 Å². The standard InChI is InChI=1S/C33H22N2/c34-22-29(23-35)30(20-15-24-9-3-1-2-4-10-24)25-16-18-26(19-17-25)33-31-13-7-5-11-27(31)21-28-12-6-8-14-32(28)33/h1-19,21H,20H2. The molecule has 0 saturated carbocycles. The van der Waals surface area contributed by atoms with Gasteiger partial charge in [0.1, 0.15) is 17.7 Å². The Morgan fingerprint density at radius 1 is 0.686 bits per heavy atom. The summed E-state index contributed by atoms with van der Waals surface area (Å²) >= 11 is 0. The van der Waals surface area contributed by atoms with E-state index in [4.69, 9.17) is 0 Å². The molecule has 0 fully saturated rings. The summed E-state index contributed by atoms with van der Waals surface area (Å²) in [4.78, 5) is 0. The van der Waals surface area contributed by atoms with E-state index in [2.05, 4.69) is 84.9 Å². The largest absolute Gasteiger partial charge is 0.192 e. The van der Waals surface area contributed by atoms with Crippen molar-refractivity contribution in [2.45, 2.75) is 6.42 Å². The molecular weight excluding hydrogens is 424 g/mol. The van der Waals surface area contributed by atoms with Crippen LogP contribution in [-0.2, 0) is 0 Å². The third-order valence-electron chi connectivity index (χ3n) is 6.27. The summed E-state index contributed by atoms with van der Waals surface area (Å²) in [5, 5.41) is 24.1. The van der Waals surface area contributed by atoms with E-state index in [1.165, 1.54) is 27.1 Å². The molecule has 4 aromatic carbocycles. The number of nitrogens with zero attached hydrogens (tertiary/aromatic N) is 2. The van der Waals surface area contributed by atoms with Gasteiger partial charge in [0.25, 0.3) is 0 Å². The van der Waals surface area contributed by atoms with E-state index in [1.54, 1.807) is 0 Å². The van der Waals surface area contributed by atoms with Gasteiger partial charge in [-0.3, -0.25) is 0 Å². The molecule has 1 aliphatic rings. The van der Waals surface area contributed by atoms with Crippen LogP contribution >= 0.6 is 0 Å². The predicted molar refractivity (Wildman–Crippen MR) is 145 cm³/mol. The Balaban J connectivity index is 1.60. The summed E-state index contributed by atoms with van der Waals surface area (Å²) < 4.78 is 0. The maximum atomic E-state index is 9.62. The molecule has 0 aromatic heterocycles. The highest BCUT2D eigenvalue weighted by Gasteiger charge is 2.12. The Morgan fingerprint density at radius 2 is 1.26 bits per heavy atom. The highest BCUT2D eigenvalue weighted by atomic mass is 14.3. The van der Waals surface area contributed by atoms with Gasteiger partial charge in [0.2, 0.25) is 0 Å². The molecule has 4 aromatic rings. The van der Waals surface area contributed by atoms with Gasteiger partial charge in [0.05, 0.1) is 0 Å². The van der Waals surface area contributed by atoms with E-state index in [0.29, 0.717) is 6.42 Å². The van der Waals surface area contributed by atoms with Crippen LogP contribution in [0.25, 0.3) is 38.2 Å². The number of benzene rings is 4. The van der Waals surface area contributed by atoms with Crippen LogP contribution in [0, 0.1) is 22.7 Å². The van der Waals surface area contributed by atoms with Gasteiger partial charge < -0.3 is 0 Å². The summed E-state index contributed by atoms with van der Waals surface area (Å²) in [6.07, 6.45) is 14.5. The fourth-order valence-corrected chi connectivity index (χ4v) is 4.56. The average Bonchev–Trinajstić information content (AvgIpc) is 3.19. The van der Waals surface area contributed by atoms with Crippen molar-refractivity contribution in [3.05, 3.63) is 138 Å². The molecule has 164 valence electrons. The first-order valence-corrected chi connectivity index (χ1v) is 11.5. The third kappa shape index (κ3) is 4.47. The zero-order valence-electron chi connectivity index (χ0n) is 19.1. The van der Waals surface area contributed by atoms with E-state index in [1.807, 2.05) is 48.6 Å². The quantitative estimate of drug-likeness (QED) is 0.233. The molecule has 1 aliphatic carbocycles. The zero-order valence-corrected chi connectivity index (χ0v) is 19.1. The van der Waals surface area contributed by atoms with Gasteiger partial charge in [-0.2, -0.15) is 10.5 Å². The second kappa shape index (κ2) is 9.92. The van der Waals surface area contributed by atoms with E-state index in [-0.39, 0.29) is 5.57 Å². The van der Waals surface area contributed by atoms with Gasteiger partial charge >= 0.3 is 0 Å². The molecule has 2 nitrogen and oxygen atoms in total. The van der Waals surface area contributed by atoms with Crippen LogP contribution in [-0.4, -0.2) is 0 Å². The van der Waals surface area contributed by atoms with Gasteiger partial charge in [0, 0.05) is 0 Å². The van der Waals surface area contributed by atoms with E-state index < -0.39 is 0 Å². The average molecular weight is 447 g/mol. The van der Waals surface area contributed by atoms with Crippen molar-refractivity contribution < 1.29 is 0 Å². The minimum atomic E-state index is 0.143. The molecule has 0 aliphatic heterocycles. The van der Waals surface area contributed by atoms with Gasteiger partial charge in [-0.1, -0.05) is 115 Å². The van der Waals surface area contributed by atoms with Crippen molar-refractivity contribution in [3.8, 4) is 23.3 Å². The van der Waals surface area contributed by atoms with Crippen LogP contribution in [0.3, 0.4) is 0 Å². The normalized spacial score (nSPS) is 12.2. The van der Waals surface area contributed by atoms with Crippen molar-refractivity contribution in [1.29, 1.82) is 10.5 Å². The number of hydrogen-bond donors (Lipinski definition) is 0. The van der Waals surface area contributed by atoms with E-state index >= 15 is 0 Å². The molecule has 0 atom stereocenters. The minimum Gasteiger partial charge on any atom is -0.192 e. The Labute approximate surface area is 205 Å². The molecule has 0 N–H and O–H groups in total. The Bertz CT molecular complexity index is 1570. The van der Waals surface area contributed by atoms with Gasteiger partial charge in [-0.25, -0.2) is 0 Å². The van der Waals surface area contributed by atoms with Crippen molar-refractivity contribution in [3.63, 3.8) is 0 Å². The predicted octanol–water partition coefficient (Wildman–Crippen LogP) is 8.46. The first kappa shape index (κ1) is 21.9. The number of nitriles is 2. The molecule has 0 bridgehead atoms. The third-order valence-corrected chi connectivity index (χ3v) is 6.27. The molecular formula is C33H22N2. The summed E-state index contributed by atoms with van der Waals surface area (Å²) in [5.74, 6) is 0. The lowest BCUT2D eigenvalue weighted by atomic mass is 9.90. The molecule has 0 saturated heterocycles. The first-order chi connectivity index (χ1) is 17.3. The van der Waals surface area contributed by atoms with Gasteiger partial charge in [0.15, 0.2) is 0 Å². The van der Waals surface area contributed by atoms with Crippen LogP contribution in [0.1, 0.15) is 12.0 Å². The first-order valence-electron chi connectivity index (χ1n) is 11.5. The minimum absolute atomic E-state index is 0.143. The number of allylic oxidation sites excluding steroid dienone is 10. The van der Waals surface area contributed by atoms with Crippen molar-refractivity contribution >= 4 is 27.1 Å². The van der Waals surface area contributed by atoms with Gasteiger partial charge in [-0.15, -0.1) is 0 Å². The molecule has 2 heteroatoms. The van der Waals surface area contributed by atoms with Crippen molar-refractivity contribution in [2.24, 2.45) is 0 Å². The SMILES string of the molecule is N#CC(C#N)=C(CC=C1C=CC=CC=C1)c1ccc(-c2c3ccccc3cc3ccccc23)cc1. The molecule has 5 rings (SSSR count). The smallest absolute Gasteiger partial charge is 0.133 e. The summed E-state index contributed by atoms with van der Waals surface area (Å²) in [6, 6.07) is 31.5. The molecule has 0 heterocycles. The highest BCUT2D eigenvalue weighted by Crippen LogP contribution is 2.37. The lowest BCUT2D eigenvalue weighted by Crippen LogP contribution is -1.91. The lowest BCUT2D eigenvalue weighted by molar-refractivity contribution is 1.34.